The molecule has 13 heteroatoms. The first-order valence-corrected chi connectivity index (χ1v) is 12.3. The van der Waals surface area contributed by atoms with E-state index in [4.69, 9.17) is 10.5 Å². The number of nitrogens with one attached hydrogen (secondary N) is 3. The average molecular weight is 541 g/mol. The highest BCUT2D eigenvalue weighted by atomic mass is 32.2. The normalized spacial score (nSPS) is 11.4. The number of primary amides is 1. The molecule has 0 atom stereocenters. The minimum absolute atomic E-state index is 0.0690. The third-order valence-corrected chi connectivity index (χ3v) is 6.31. The molecule has 0 aliphatic heterocycles. The van der Waals surface area contributed by atoms with Crippen molar-refractivity contribution in [3.05, 3.63) is 88.0 Å². The van der Waals surface area contributed by atoms with Crippen LogP contribution in [-0.2, 0) is 21.4 Å². The number of hydrogen-bond donors (Lipinski definition) is 4. The Labute approximate surface area is 211 Å². The van der Waals surface area contributed by atoms with Crippen molar-refractivity contribution in [1.29, 1.82) is 0 Å². The van der Waals surface area contributed by atoms with Crippen LogP contribution in [0.1, 0.15) is 27.0 Å². The molecule has 5 N–H and O–H groups in total. The van der Waals surface area contributed by atoms with Crippen LogP contribution in [0, 0.1) is 30.2 Å². The molecule has 0 radical (unpaired) electrons. The van der Waals surface area contributed by atoms with Gasteiger partial charge in [0.1, 0.15) is 5.82 Å². The van der Waals surface area contributed by atoms with Crippen LogP contribution < -0.4 is 20.5 Å². The van der Waals surface area contributed by atoms with Crippen molar-refractivity contribution in [2.75, 3.05) is 30.3 Å². The summed E-state index contributed by atoms with van der Waals surface area (Å²) in [5.41, 5.74) is 3.48. The molecule has 0 unspecified atom stereocenters. The van der Waals surface area contributed by atoms with Gasteiger partial charge in [0.2, 0.25) is 0 Å². The molecule has 0 heterocycles. The first-order chi connectivity index (χ1) is 17.4. The molecule has 0 saturated carbocycles. The van der Waals surface area contributed by atoms with Crippen molar-refractivity contribution in [2.24, 2.45) is 5.73 Å². The predicted octanol–water partition coefficient (Wildman–Crippen LogP) is 3.88. The van der Waals surface area contributed by atoms with Crippen LogP contribution in [0.5, 0.6) is 0 Å². The monoisotopic (exact) mass is 540 g/mol. The van der Waals surface area contributed by atoms with E-state index in [9.17, 15) is 17.6 Å². The Morgan fingerprint density at radius 3 is 2.35 bits per heavy atom. The minimum atomic E-state index is -4.15. The van der Waals surface area contributed by atoms with Gasteiger partial charge in [0, 0.05) is 20.1 Å². The molecule has 37 heavy (non-hydrogen) atoms. The number of rotatable bonds is 11. The number of carbonyl (C=O) groups excluding carboxylic acids is 1. The lowest BCUT2D eigenvalue weighted by atomic mass is 9.99. The van der Waals surface area contributed by atoms with Crippen LogP contribution in [0.2, 0.25) is 0 Å². The Bertz CT molecular complexity index is 1430. The van der Waals surface area contributed by atoms with Gasteiger partial charge in [-0.05, 0) is 47.9 Å². The van der Waals surface area contributed by atoms with E-state index in [2.05, 4.69) is 10.0 Å². The molecule has 3 rings (SSSR count). The van der Waals surface area contributed by atoms with Gasteiger partial charge in [-0.1, -0.05) is 18.2 Å². The maximum atomic E-state index is 15.1. The number of benzene rings is 3. The number of nitrogens with two attached hydrogens (primary N) is 1. The Morgan fingerprint density at radius 2 is 1.70 bits per heavy atom. The molecule has 0 aromatic heterocycles. The number of halogens is 4. The first kappa shape index (κ1) is 27.9. The average Bonchev–Trinajstić information content (AvgIpc) is 2.82. The second-order valence-corrected chi connectivity index (χ2v) is 9.51. The van der Waals surface area contributed by atoms with Crippen LogP contribution in [0.3, 0.4) is 0 Å². The lowest BCUT2D eigenvalue weighted by Crippen LogP contribution is -2.32. The summed E-state index contributed by atoms with van der Waals surface area (Å²) in [7, 11) is -2.77. The van der Waals surface area contributed by atoms with Gasteiger partial charge in [0.05, 0.1) is 29.2 Å². The second kappa shape index (κ2) is 11.6. The number of ether oxygens (including phenoxy) is 1. The fourth-order valence-electron chi connectivity index (χ4n) is 3.44. The number of amides is 1. The summed E-state index contributed by atoms with van der Waals surface area (Å²) in [5, 5.41) is 2.36. The molecule has 0 aliphatic carbocycles. The van der Waals surface area contributed by atoms with Crippen LogP contribution in [-0.4, -0.2) is 34.6 Å². The number of hydrogen-bond acceptors (Lipinski definition) is 5. The maximum Gasteiger partial charge on any atom is 0.299 e. The molecule has 198 valence electrons. The number of methoxy groups -OCH3 is 1. The zero-order chi connectivity index (χ0) is 27.3. The van der Waals surface area contributed by atoms with Gasteiger partial charge in [0.25, 0.3) is 16.1 Å². The van der Waals surface area contributed by atoms with Gasteiger partial charge >= 0.3 is 0 Å². The van der Waals surface area contributed by atoms with Crippen molar-refractivity contribution in [2.45, 2.75) is 13.3 Å². The van der Waals surface area contributed by atoms with Gasteiger partial charge in [-0.2, -0.15) is 13.1 Å². The van der Waals surface area contributed by atoms with Gasteiger partial charge in [0.15, 0.2) is 17.5 Å². The summed E-state index contributed by atoms with van der Waals surface area (Å²) in [5.74, 6) is -5.89. The molecular formula is C24H24F4N4O4S. The summed E-state index contributed by atoms with van der Waals surface area (Å²) in [6.07, 6.45) is -0.555. The zero-order valence-corrected chi connectivity index (χ0v) is 20.6. The SMILES string of the molecule is COCCNS(=O)(=O)Nc1cccc(Cc2cc(C(N)=O)c(Nc3ccc(C)cc3F)c(F)c2F)c1F. The van der Waals surface area contributed by atoms with Crippen molar-refractivity contribution in [1.82, 2.24) is 4.72 Å². The van der Waals surface area contributed by atoms with E-state index in [-0.39, 0.29) is 24.4 Å². The number of carbonyl (C=O) groups is 1. The minimum Gasteiger partial charge on any atom is -0.383 e. The van der Waals surface area contributed by atoms with E-state index in [1.54, 1.807) is 6.92 Å². The van der Waals surface area contributed by atoms with Crippen molar-refractivity contribution in [3.63, 3.8) is 0 Å². The quantitative estimate of drug-likeness (QED) is 0.217. The number of aryl methyl sites for hydroxylation is 1. The van der Waals surface area contributed by atoms with Crippen LogP contribution >= 0.6 is 0 Å². The van der Waals surface area contributed by atoms with Gasteiger partial charge in [-0.15, -0.1) is 0 Å². The molecule has 0 aliphatic rings. The van der Waals surface area contributed by atoms with E-state index in [1.807, 2.05) is 4.72 Å². The maximum absolute atomic E-state index is 15.1. The Hall–Kier alpha value is -3.68. The van der Waals surface area contributed by atoms with Crippen LogP contribution in [0.15, 0.2) is 42.5 Å². The smallest absolute Gasteiger partial charge is 0.299 e. The molecule has 1 amide bonds. The summed E-state index contributed by atoms with van der Waals surface area (Å²) < 4.78 is 92.5. The number of anilines is 3. The third-order valence-electron chi connectivity index (χ3n) is 5.23. The van der Waals surface area contributed by atoms with E-state index >= 15 is 13.2 Å². The summed E-state index contributed by atoms with van der Waals surface area (Å²) >= 11 is 0. The topological polar surface area (TPSA) is 123 Å². The second-order valence-electron chi connectivity index (χ2n) is 8.01. The Morgan fingerprint density at radius 1 is 0.973 bits per heavy atom. The highest BCUT2D eigenvalue weighted by molar-refractivity contribution is 7.90. The molecule has 3 aromatic carbocycles. The lowest BCUT2D eigenvalue weighted by molar-refractivity contribution is 0.100. The fraction of sp³-hybridized carbons (Fsp3) is 0.208. The molecular weight excluding hydrogens is 516 g/mol. The van der Waals surface area contributed by atoms with E-state index < -0.39 is 68.3 Å². The van der Waals surface area contributed by atoms with E-state index in [0.29, 0.717) is 5.56 Å². The molecule has 0 fully saturated rings. The highest BCUT2D eigenvalue weighted by Crippen LogP contribution is 2.32. The van der Waals surface area contributed by atoms with Crippen LogP contribution in [0.25, 0.3) is 0 Å². The third kappa shape index (κ3) is 6.76. The Kier molecular flexibility index (Phi) is 8.73. The fourth-order valence-corrected chi connectivity index (χ4v) is 4.31. The predicted molar refractivity (Wildman–Crippen MR) is 131 cm³/mol. The first-order valence-electron chi connectivity index (χ1n) is 10.8. The van der Waals surface area contributed by atoms with Gasteiger partial charge in [-0.3, -0.25) is 9.52 Å². The Balaban J connectivity index is 1.95. The molecule has 3 aromatic rings. The standard InChI is InChI=1S/C24H24F4N4O4S/c1-13-6-7-18(17(25)10-13)31-23-16(24(29)33)12-15(21(27)22(23)28)11-14-4-3-5-19(20(14)26)32-37(34,35)30-8-9-36-2/h3-7,10,12,30-32H,8-9,11H2,1-2H3,(H2,29,33). The molecule has 0 spiro atoms. The van der Waals surface area contributed by atoms with Crippen LogP contribution in [0.4, 0.5) is 34.6 Å². The van der Waals surface area contributed by atoms with Gasteiger partial charge < -0.3 is 15.8 Å². The van der Waals surface area contributed by atoms with Crippen molar-refractivity contribution >= 4 is 33.2 Å². The van der Waals surface area contributed by atoms with Crippen molar-refractivity contribution < 1.29 is 35.5 Å². The van der Waals surface area contributed by atoms with Gasteiger partial charge in [-0.25, -0.2) is 17.6 Å². The van der Waals surface area contributed by atoms with Crippen molar-refractivity contribution in [3.8, 4) is 0 Å². The molecule has 0 saturated heterocycles. The molecule has 0 bridgehead atoms. The highest BCUT2D eigenvalue weighted by Gasteiger charge is 2.24. The summed E-state index contributed by atoms with van der Waals surface area (Å²) in [4.78, 5) is 12.0. The largest absolute Gasteiger partial charge is 0.383 e. The summed E-state index contributed by atoms with van der Waals surface area (Å²) in [6.45, 7) is 1.64. The lowest BCUT2D eigenvalue weighted by Gasteiger charge is -2.16. The van der Waals surface area contributed by atoms with E-state index in [1.165, 1.54) is 31.4 Å². The zero-order valence-electron chi connectivity index (χ0n) is 19.8. The summed E-state index contributed by atoms with van der Waals surface area (Å²) in [6, 6.07) is 8.58. The van der Waals surface area contributed by atoms with E-state index in [0.717, 1.165) is 18.2 Å². The molecule has 8 nitrogen and oxygen atoms in total.